The minimum absolute atomic E-state index is 0.00741. The molecule has 4 heteroatoms. The minimum Gasteiger partial charge on any atom is -0.324 e. The fourth-order valence-electron chi connectivity index (χ4n) is 5.96. The highest BCUT2D eigenvalue weighted by molar-refractivity contribution is 7.25. The molecule has 232 valence electrons. The van der Waals surface area contributed by atoms with Crippen molar-refractivity contribution in [2.75, 3.05) is 0 Å². The number of aliphatic imine (C=N–C) groups is 2. The van der Waals surface area contributed by atoms with Crippen molar-refractivity contribution in [3.63, 3.8) is 0 Å². The summed E-state index contributed by atoms with van der Waals surface area (Å²) in [5, 5.41) is 3.36. The second-order valence-electron chi connectivity index (χ2n) is 11.4. The molecule has 1 unspecified atom stereocenters. The normalized spacial score (nSPS) is 17.5. The van der Waals surface area contributed by atoms with Crippen LogP contribution in [0.5, 0.6) is 0 Å². The smallest absolute Gasteiger partial charge is 0.169 e. The van der Waals surface area contributed by atoms with E-state index in [-0.39, 0.29) is 48.9 Å². The second-order valence-corrected chi connectivity index (χ2v) is 12.4. The molecule has 1 atom stereocenters. The van der Waals surface area contributed by atoms with E-state index < -0.39 is 60.5 Å². The van der Waals surface area contributed by atoms with E-state index in [1.165, 1.54) is 0 Å². The summed E-state index contributed by atoms with van der Waals surface area (Å²) in [4.78, 5) is 9.88. The lowest BCUT2D eigenvalue weighted by Gasteiger charge is -2.23. The number of rotatable bonds is 6. The molecule has 0 fully saturated rings. The van der Waals surface area contributed by atoms with Crippen LogP contribution in [0.1, 0.15) is 37.9 Å². The Hall–Kier alpha value is -6.10. The van der Waals surface area contributed by atoms with E-state index in [2.05, 4.69) is 5.32 Å². The first-order chi connectivity index (χ1) is 28.8. The van der Waals surface area contributed by atoms with Crippen molar-refractivity contribution in [3.8, 4) is 33.4 Å². The highest BCUT2D eigenvalue weighted by Gasteiger charge is 2.22. The quantitative estimate of drug-likeness (QED) is 0.190. The Balaban J connectivity index is 1.29. The second kappa shape index (κ2) is 12.5. The van der Waals surface area contributed by atoms with Crippen LogP contribution < -0.4 is 5.32 Å². The summed E-state index contributed by atoms with van der Waals surface area (Å²) in [6.07, 6.45) is -1.30. The first-order valence-electron chi connectivity index (χ1n) is 21.1. The van der Waals surface area contributed by atoms with Crippen molar-refractivity contribution in [2.24, 2.45) is 9.98 Å². The van der Waals surface area contributed by atoms with Crippen LogP contribution in [0.25, 0.3) is 53.6 Å². The maximum Gasteiger partial charge on any atom is 0.169 e. The van der Waals surface area contributed by atoms with Crippen LogP contribution in [-0.2, 0) is 0 Å². The van der Waals surface area contributed by atoms with Gasteiger partial charge >= 0.3 is 0 Å². The lowest BCUT2D eigenvalue weighted by molar-refractivity contribution is 0.756. The number of hydrogen-bond acceptors (Lipinski definition) is 4. The van der Waals surface area contributed by atoms with Crippen LogP contribution in [-0.4, -0.2) is 11.7 Å². The predicted molar refractivity (Wildman–Crippen MR) is 207 cm³/mol. The van der Waals surface area contributed by atoms with Gasteiger partial charge in [-0.25, -0.2) is 9.98 Å². The summed E-state index contributed by atoms with van der Waals surface area (Å²) < 4.78 is 98.2. The molecule has 8 aromatic rings. The van der Waals surface area contributed by atoms with Crippen LogP contribution in [0.2, 0.25) is 0 Å². The number of thiophene rings is 1. The van der Waals surface area contributed by atoms with Crippen molar-refractivity contribution in [1.29, 1.82) is 0 Å². The molecule has 0 amide bonds. The first-order valence-corrected chi connectivity index (χ1v) is 16.4. The molecule has 9 rings (SSSR count). The topological polar surface area (TPSA) is 36.8 Å². The van der Waals surface area contributed by atoms with E-state index >= 15 is 0 Å². The van der Waals surface area contributed by atoms with E-state index in [9.17, 15) is 2.74 Å². The lowest BCUT2D eigenvalue weighted by Crippen LogP contribution is -2.36. The zero-order valence-corrected chi connectivity index (χ0v) is 26.6. The number of hydrogen-bond donors (Lipinski definition) is 1. The molecule has 0 radical (unpaired) electrons. The summed E-state index contributed by atoms with van der Waals surface area (Å²) in [6, 6.07) is 29.7. The largest absolute Gasteiger partial charge is 0.324 e. The summed E-state index contributed by atoms with van der Waals surface area (Å²) in [5.41, 5.74) is 4.59. The zero-order valence-electron chi connectivity index (χ0n) is 36.8. The van der Waals surface area contributed by atoms with Crippen molar-refractivity contribution in [2.45, 2.75) is 6.17 Å². The lowest BCUT2D eigenvalue weighted by atomic mass is 9.97. The fourth-order valence-corrected chi connectivity index (χ4v) is 6.93. The number of nitrogens with one attached hydrogen (secondary N) is 1. The van der Waals surface area contributed by atoms with Gasteiger partial charge in [0.1, 0.15) is 11.7 Å². The summed E-state index contributed by atoms with van der Waals surface area (Å²) >= 11 is 0.870. The predicted octanol–water partition coefficient (Wildman–Crippen LogP) is 11.6. The molecule has 1 aliphatic heterocycles. The third-order valence-corrected chi connectivity index (χ3v) is 9.37. The van der Waals surface area contributed by atoms with Gasteiger partial charge in [0.25, 0.3) is 0 Å². The van der Waals surface area contributed by atoms with Crippen LogP contribution in [0.3, 0.4) is 0 Å². The van der Waals surface area contributed by atoms with Crippen LogP contribution in [0.15, 0.2) is 186 Å². The molecule has 0 spiro atoms. The summed E-state index contributed by atoms with van der Waals surface area (Å²) in [7, 11) is 0. The van der Waals surface area contributed by atoms with Gasteiger partial charge in [-0.3, -0.25) is 0 Å². The molecule has 0 aliphatic carbocycles. The number of benzene rings is 7. The number of amidine groups is 2. The summed E-state index contributed by atoms with van der Waals surface area (Å²) in [5.74, 6) is 0.735. The zero-order chi connectivity index (χ0) is 42.1. The van der Waals surface area contributed by atoms with Gasteiger partial charge in [-0.05, 0) is 63.1 Å². The van der Waals surface area contributed by atoms with E-state index in [0.29, 0.717) is 22.8 Å². The molecule has 1 aromatic heterocycles. The Labute approximate surface area is 305 Å². The standard InChI is InChI=1S/C45H31N3S/c1-3-12-30(13-4-1)32-24-26-33(27-25-32)43-46-44(36-18-9-16-34(28-36)31-14-5-2-6-15-31)48-45(47-43)37-19-10-17-35(29-37)38-21-11-23-41-42(38)39-20-7-8-22-40(39)49-41/h1-29,45H,(H,46,47,48)/i7D,8D,10D,11D,17D,19D,20D,21D,22D,23D,29D. The molecule has 7 aromatic carbocycles. The van der Waals surface area contributed by atoms with Gasteiger partial charge in [0.15, 0.2) is 6.17 Å². The maximum atomic E-state index is 9.72. The van der Waals surface area contributed by atoms with Crippen LogP contribution in [0, 0.1) is 0 Å². The molecule has 0 saturated heterocycles. The summed E-state index contributed by atoms with van der Waals surface area (Å²) in [6.45, 7) is 0. The van der Waals surface area contributed by atoms with Gasteiger partial charge < -0.3 is 5.32 Å². The molecule has 2 heterocycles. The van der Waals surface area contributed by atoms with Gasteiger partial charge in [0, 0.05) is 31.3 Å². The van der Waals surface area contributed by atoms with Gasteiger partial charge in [0.2, 0.25) is 0 Å². The van der Waals surface area contributed by atoms with E-state index in [0.717, 1.165) is 33.6 Å². The van der Waals surface area contributed by atoms with Gasteiger partial charge in [-0.2, -0.15) is 0 Å². The van der Waals surface area contributed by atoms with E-state index in [4.69, 9.17) is 22.3 Å². The molecule has 49 heavy (non-hydrogen) atoms. The van der Waals surface area contributed by atoms with E-state index in [1.54, 1.807) is 0 Å². The van der Waals surface area contributed by atoms with Gasteiger partial charge in [-0.15, -0.1) is 11.3 Å². The van der Waals surface area contributed by atoms with Gasteiger partial charge in [-0.1, -0.05) is 151 Å². The highest BCUT2D eigenvalue weighted by Crippen LogP contribution is 2.40. The Kier molecular flexibility index (Phi) is 5.01. The molecule has 0 saturated carbocycles. The molecule has 3 nitrogen and oxygen atoms in total. The van der Waals surface area contributed by atoms with Crippen molar-refractivity contribution in [3.05, 3.63) is 192 Å². The Morgan fingerprint density at radius 3 is 1.92 bits per heavy atom. The molecule has 1 N–H and O–H groups in total. The molecule has 0 bridgehead atoms. The SMILES string of the molecule is [2H]c1c([2H])c(-c2c([2H])c([2H])c([2H])c3sc4c([2H])c([2H])c([2H])c([2H])c4c23)c([2H])c(C2N=C(c3ccc(-c4ccccc4)cc3)NC(c3cccc(-c4ccccc4)c3)=N2)c1[2H]. The average Bonchev–Trinajstić information content (AvgIpc) is 3.69. The monoisotopic (exact) mass is 656 g/mol. The number of fused-ring (bicyclic) bond motifs is 3. The molecular formula is C45H31N3S. The first kappa shape index (κ1) is 19.7. The van der Waals surface area contributed by atoms with Crippen molar-refractivity contribution >= 4 is 43.2 Å². The third-order valence-electron chi connectivity index (χ3n) is 8.35. The average molecular weight is 657 g/mol. The maximum absolute atomic E-state index is 9.72. The Morgan fingerprint density at radius 2 is 1.12 bits per heavy atom. The van der Waals surface area contributed by atoms with Crippen LogP contribution in [0.4, 0.5) is 0 Å². The van der Waals surface area contributed by atoms with Crippen molar-refractivity contribution in [1.82, 2.24) is 5.32 Å². The highest BCUT2D eigenvalue weighted by atomic mass is 32.1. The molecular weight excluding hydrogens is 615 g/mol. The minimum atomic E-state index is -1.30. The van der Waals surface area contributed by atoms with Crippen LogP contribution >= 0.6 is 11.3 Å². The van der Waals surface area contributed by atoms with Crippen molar-refractivity contribution < 1.29 is 15.1 Å². The van der Waals surface area contributed by atoms with E-state index in [1.807, 2.05) is 109 Å². The Morgan fingerprint density at radius 1 is 0.510 bits per heavy atom. The van der Waals surface area contributed by atoms with Gasteiger partial charge in [0.05, 0.1) is 15.1 Å². The molecule has 1 aliphatic rings. The Bertz CT molecular complexity index is 3130. The third kappa shape index (κ3) is 5.62. The number of nitrogens with zero attached hydrogens (tertiary/aromatic N) is 2. The fraction of sp³-hybridized carbons (Fsp3) is 0.0222.